The molecule has 0 unspecified atom stereocenters. The second-order valence-electron chi connectivity index (χ2n) is 5.23. The van der Waals surface area contributed by atoms with Gasteiger partial charge in [0.1, 0.15) is 4.88 Å². The molecule has 0 atom stereocenters. The molecule has 0 saturated heterocycles. The first-order valence-electron chi connectivity index (χ1n) is 7.46. The van der Waals surface area contributed by atoms with Crippen LogP contribution in [0.25, 0.3) is 0 Å². The van der Waals surface area contributed by atoms with Crippen LogP contribution < -0.4 is 10.6 Å². The zero-order valence-electron chi connectivity index (χ0n) is 13.1. The average Bonchev–Trinajstić information content (AvgIpc) is 2.94. The van der Waals surface area contributed by atoms with Crippen LogP contribution in [0.4, 0.5) is 11.4 Å². The van der Waals surface area contributed by atoms with Gasteiger partial charge in [0.2, 0.25) is 5.91 Å². The molecule has 1 heterocycles. The first kappa shape index (κ1) is 17.5. The van der Waals surface area contributed by atoms with Crippen molar-refractivity contribution in [1.29, 1.82) is 0 Å². The van der Waals surface area contributed by atoms with E-state index in [1.54, 1.807) is 23.6 Å². The zero-order chi connectivity index (χ0) is 16.8. The van der Waals surface area contributed by atoms with Gasteiger partial charge in [-0.15, -0.1) is 11.3 Å². The summed E-state index contributed by atoms with van der Waals surface area (Å²) < 4.78 is 0. The van der Waals surface area contributed by atoms with Crippen molar-refractivity contribution in [1.82, 2.24) is 0 Å². The van der Waals surface area contributed by atoms with Gasteiger partial charge in [0.15, 0.2) is 0 Å². The summed E-state index contributed by atoms with van der Waals surface area (Å²) in [5.41, 5.74) is 2.33. The van der Waals surface area contributed by atoms with E-state index in [4.69, 9.17) is 11.6 Å². The largest absolute Gasteiger partial charge is 0.326 e. The highest BCUT2D eigenvalue weighted by Gasteiger charge is 2.12. The molecule has 0 spiro atoms. The number of thiophene rings is 1. The van der Waals surface area contributed by atoms with Gasteiger partial charge in [-0.25, -0.2) is 0 Å². The molecule has 0 saturated carbocycles. The molecule has 0 fully saturated rings. The Morgan fingerprint density at radius 1 is 1.22 bits per heavy atom. The van der Waals surface area contributed by atoms with Crippen molar-refractivity contribution in [3.8, 4) is 0 Å². The van der Waals surface area contributed by atoms with Crippen LogP contribution in [0.3, 0.4) is 0 Å². The van der Waals surface area contributed by atoms with Crippen LogP contribution in [0.1, 0.15) is 41.4 Å². The van der Waals surface area contributed by atoms with Crippen molar-refractivity contribution < 1.29 is 9.59 Å². The lowest BCUT2D eigenvalue weighted by Gasteiger charge is -2.11. The Morgan fingerprint density at radius 3 is 2.61 bits per heavy atom. The first-order valence-corrected chi connectivity index (χ1v) is 8.72. The van der Waals surface area contributed by atoms with Crippen LogP contribution in [-0.4, -0.2) is 11.8 Å². The molecule has 2 rings (SSSR count). The Morgan fingerprint density at radius 2 is 2.00 bits per heavy atom. The molecule has 2 aromatic rings. The molecule has 6 heteroatoms. The predicted molar refractivity (Wildman–Crippen MR) is 96.6 cm³/mol. The van der Waals surface area contributed by atoms with Crippen LogP contribution in [0.5, 0.6) is 0 Å². The summed E-state index contributed by atoms with van der Waals surface area (Å²) >= 11 is 7.26. The highest BCUT2D eigenvalue weighted by Crippen LogP contribution is 2.25. The Balaban J connectivity index is 2.03. The summed E-state index contributed by atoms with van der Waals surface area (Å²) in [6.45, 7) is 3.94. The summed E-state index contributed by atoms with van der Waals surface area (Å²) in [7, 11) is 0. The molecule has 0 aliphatic carbocycles. The molecule has 0 bridgehead atoms. The number of rotatable bonds is 6. The number of aryl methyl sites for hydroxylation is 1. The quantitative estimate of drug-likeness (QED) is 0.762. The lowest BCUT2D eigenvalue weighted by molar-refractivity contribution is -0.116. The zero-order valence-corrected chi connectivity index (χ0v) is 14.7. The Bertz CT molecular complexity index is 712. The van der Waals surface area contributed by atoms with Crippen molar-refractivity contribution in [2.24, 2.45) is 0 Å². The minimum atomic E-state index is -0.232. The van der Waals surface area contributed by atoms with E-state index in [1.165, 1.54) is 11.3 Å². The van der Waals surface area contributed by atoms with Gasteiger partial charge in [-0.05, 0) is 48.6 Å². The molecule has 23 heavy (non-hydrogen) atoms. The van der Waals surface area contributed by atoms with Crippen LogP contribution in [0, 0.1) is 6.92 Å². The van der Waals surface area contributed by atoms with Gasteiger partial charge in [0.05, 0.1) is 5.02 Å². The number of anilines is 2. The second-order valence-corrected chi connectivity index (χ2v) is 6.56. The molecule has 0 aliphatic heterocycles. The molecular weight excluding hydrogens is 332 g/mol. The molecule has 2 N–H and O–H groups in total. The second kappa shape index (κ2) is 8.13. The highest BCUT2D eigenvalue weighted by molar-refractivity contribution is 7.12. The fourth-order valence-electron chi connectivity index (χ4n) is 2.08. The van der Waals surface area contributed by atoms with E-state index < -0.39 is 0 Å². The van der Waals surface area contributed by atoms with Crippen LogP contribution >= 0.6 is 22.9 Å². The maximum Gasteiger partial charge on any atom is 0.267 e. The molecular formula is C17H19ClN2O2S. The number of carbonyl (C=O) groups is 2. The van der Waals surface area contributed by atoms with Gasteiger partial charge in [0, 0.05) is 17.8 Å². The van der Waals surface area contributed by atoms with Crippen molar-refractivity contribution in [3.63, 3.8) is 0 Å². The monoisotopic (exact) mass is 350 g/mol. The van der Waals surface area contributed by atoms with Gasteiger partial charge in [-0.3, -0.25) is 9.59 Å². The normalized spacial score (nSPS) is 10.4. The van der Waals surface area contributed by atoms with Crippen LogP contribution in [-0.2, 0) is 4.79 Å². The smallest absolute Gasteiger partial charge is 0.267 e. The fourth-order valence-corrected chi connectivity index (χ4v) is 3.11. The number of carbonyl (C=O) groups excluding carboxylic acids is 2. The third-order valence-electron chi connectivity index (χ3n) is 3.34. The number of halogens is 1. The van der Waals surface area contributed by atoms with Gasteiger partial charge in [-0.2, -0.15) is 0 Å². The topological polar surface area (TPSA) is 58.2 Å². The van der Waals surface area contributed by atoms with Crippen LogP contribution in [0.2, 0.25) is 5.02 Å². The summed E-state index contributed by atoms with van der Waals surface area (Å²) in [6.07, 6.45) is 2.38. The number of nitrogens with one attached hydrogen (secondary N) is 2. The molecule has 1 aromatic heterocycles. The van der Waals surface area contributed by atoms with Gasteiger partial charge >= 0.3 is 0 Å². The Labute approximate surface area is 144 Å². The minimum absolute atomic E-state index is 0.0112. The number of hydrogen-bond donors (Lipinski definition) is 2. The molecule has 4 nitrogen and oxygen atoms in total. The molecule has 122 valence electrons. The molecule has 2 amide bonds. The van der Waals surface area contributed by atoms with E-state index in [0.717, 1.165) is 24.1 Å². The van der Waals surface area contributed by atoms with Crippen molar-refractivity contribution >= 4 is 46.1 Å². The summed E-state index contributed by atoms with van der Waals surface area (Å²) in [4.78, 5) is 24.4. The lowest BCUT2D eigenvalue weighted by atomic mass is 10.1. The van der Waals surface area contributed by atoms with Gasteiger partial charge < -0.3 is 10.6 Å². The SMILES string of the molecule is CCCCC(=O)Nc1ccc(NC(=O)c2sccc2Cl)cc1C. The Hall–Kier alpha value is -1.85. The van der Waals surface area contributed by atoms with E-state index in [-0.39, 0.29) is 11.8 Å². The molecule has 1 aromatic carbocycles. The number of unbranched alkanes of at least 4 members (excludes halogenated alkanes) is 1. The predicted octanol–water partition coefficient (Wildman–Crippen LogP) is 5.09. The maximum atomic E-state index is 12.1. The Kier molecular flexibility index (Phi) is 6.19. The summed E-state index contributed by atoms with van der Waals surface area (Å²) in [6, 6.07) is 7.09. The summed E-state index contributed by atoms with van der Waals surface area (Å²) in [5, 5.41) is 7.93. The minimum Gasteiger partial charge on any atom is -0.326 e. The average molecular weight is 351 g/mol. The fraction of sp³-hybridized carbons (Fsp3) is 0.294. The standard InChI is InChI=1S/C17H19ClN2O2S/c1-3-4-5-15(21)20-14-7-6-12(10-11(14)2)19-17(22)16-13(18)8-9-23-16/h6-10H,3-5H2,1-2H3,(H,19,22)(H,20,21). The maximum absolute atomic E-state index is 12.1. The van der Waals surface area contributed by atoms with Gasteiger partial charge in [0.25, 0.3) is 5.91 Å². The van der Waals surface area contributed by atoms with Crippen molar-refractivity contribution in [3.05, 3.63) is 45.1 Å². The van der Waals surface area contributed by atoms with Crippen LogP contribution in [0.15, 0.2) is 29.6 Å². The van der Waals surface area contributed by atoms with E-state index >= 15 is 0 Å². The van der Waals surface area contributed by atoms with E-state index in [9.17, 15) is 9.59 Å². The third kappa shape index (κ3) is 4.81. The number of amides is 2. The number of hydrogen-bond acceptors (Lipinski definition) is 3. The lowest BCUT2D eigenvalue weighted by Crippen LogP contribution is -2.13. The summed E-state index contributed by atoms with van der Waals surface area (Å²) in [5.74, 6) is -0.221. The number of benzene rings is 1. The van der Waals surface area contributed by atoms with Crippen molar-refractivity contribution in [2.45, 2.75) is 33.1 Å². The van der Waals surface area contributed by atoms with Gasteiger partial charge in [-0.1, -0.05) is 24.9 Å². The highest BCUT2D eigenvalue weighted by atomic mass is 35.5. The van der Waals surface area contributed by atoms with E-state index in [2.05, 4.69) is 17.6 Å². The first-order chi connectivity index (χ1) is 11.0. The molecule has 0 aliphatic rings. The molecule has 0 radical (unpaired) electrons. The van der Waals surface area contributed by atoms with E-state index in [0.29, 0.717) is 22.0 Å². The van der Waals surface area contributed by atoms with Crippen molar-refractivity contribution in [2.75, 3.05) is 10.6 Å². The third-order valence-corrected chi connectivity index (χ3v) is 4.68. The van der Waals surface area contributed by atoms with E-state index in [1.807, 2.05) is 13.0 Å².